The van der Waals surface area contributed by atoms with Gasteiger partial charge in [-0.25, -0.2) is 0 Å². The molecule has 2 nitrogen and oxygen atoms in total. The Bertz CT molecular complexity index is 373. The van der Waals surface area contributed by atoms with Crippen LogP contribution in [0.15, 0.2) is 22.7 Å². The molecule has 0 fully saturated rings. The van der Waals surface area contributed by atoms with E-state index in [-0.39, 0.29) is 6.04 Å². The number of hydrogen-bond donors (Lipinski definition) is 2. The number of nitrogens with one attached hydrogen (secondary N) is 1. The molecule has 80 valence electrons. The summed E-state index contributed by atoms with van der Waals surface area (Å²) in [4.78, 5) is 0. The highest BCUT2D eigenvalue weighted by atomic mass is 79.9. The average Bonchev–Trinajstić information content (AvgIpc) is 2.24. The van der Waals surface area contributed by atoms with E-state index in [0.29, 0.717) is 11.4 Å². The van der Waals surface area contributed by atoms with Crippen molar-refractivity contribution in [2.75, 3.05) is 0 Å². The van der Waals surface area contributed by atoms with Gasteiger partial charge < -0.3 is 0 Å². The number of terminal acetylenes is 1. The van der Waals surface area contributed by atoms with E-state index in [9.17, 15) is 0 Å². The third kappa shape index (κ3) is 3.51. The Labute approximate surface area is 103 Å². The van der Waals surface area contributed by atoms with Crippen molar-refractivity contribution in [1.82, 2.24) is 5.43 Å². The second-order valence-corrected chi connectivity index (χ2v) is 4.40. The third-order valence-electron chi connectivity index (χ3n) is 2.12. The predicted octanol–water partition coefficient (Wildman–Crippen LogP) is 3.02. The van der Waals surface area contributed by atoms with Crippen LogP contribution in [-0.4, -0.2) is 0 Å². The molecule has 3 N–H and O–H groups in total. The molecule has 0 heterocycles. The van der Waals surface area contributed by atoms with E-state index in [1.54, 1.807) is 0 Å². The maximum absolute atomic E-state index is 5.99. The molecule has 0 aliphatic heterocycles. The average molecular weight is 288 g/mol. The van der Waals surface area contributed by atoms with E-state index in [2.05, 4.69) is 27.3 Å². The first-order valence-corrected chi connectivity index (χ1v) is 5.70. The Kier molecular flexibility index (Phi) is 5.13. The number of hydrogen-bond acceptors (Lipinski definition) is 2. The van der Waals surface area contributed by atoms with Gasteiger partial charge in [0.1, 0.15) is 0 Å². The number of hydrazine groups is 1. The smallest absolute Gasteiger partial charge is 0.0551 e. The van der Waals surface area contributed by atoms with Crippen molar-refractivity contribution in [1.29, 1.82) is 0 Å². The lowest BCUT2D eigenvalue weighted by molar-refractivity contribution is 0.524. The zero-order chi connectivity index (χ0) is 11.3. The summed E-state index contributed by atoms with van der Waals surface area (Å²) in [6.45, 7) is 0. The molecule has 0 saturated heterocycles. The molecule has 0 aromatic heterocycles. The second-order valence-electron chi connectivity index (χ2n) is 3.14. The molecule has 15 heavy (non-hydrogen) atoms. The van der Waals surface area contributed by atoms with Crippen LogP contribution in [0.1, 0.15) is 24.4 Å². The zero-order valence-electron chi connectivity index (χ0n) is 8.13. The number of benzene rings is 1. The van der Waals surface area contributed by atoms with Crippen LogP contribution in [0.25, 0.3) is 0 Å². The Balaban J connectivity index is 2.83. The SMILES string of the molecule is C#CCCC(NN)c1ccc(Br)c(Cl)c1. The highest BCUT2D eigenvalue weighted by molar-refractivity contribution is 9.10. The molecule has 0 aliphatic rings. The summed E-state index contributed by atoms with van der Waals surface area (Å²) >= 11 is 9.33. The van der Waals surface area contributed by atoms with Crippen LogP contribution in [-0.2, 0) is 0 Å². The number of rotatable bonds is 4. The van der Waals surface area contributed by atoms with Gasteiger partial charge in [-0.1, -0.05) is 17.7 Å². The van der Waals surface area contributed by atoms with E-state index in [1.807, 2.05) is 18.2 Å². The molecule has 0 spiro atoms. The van der Waals surface area contributed by atoms with Gasteiger partial charge in [0.15, 0.2) is 0 Å². The topological polar surface area (TPSA) is 38.0 Å². The molecular weight excluding hydrogens is 275 g/mol. The maximum atomic E-state index is 5.99. The number of halogens is 2. The lowest BCUT2D eigenvalue weighted by Gasteiger charge is -2.15. The minimum absolute atomic E-state index is 0.0478. The summed E-state index contributed by atoms with van der Waals surface area (Å²) in [5, 5.41) is 0.674. The molecule has 1 aromatic rings. The molecular formula is C11H12BrClN2. The largest absolute Gasteiger partial charge is 0.271 e. The van der Waals surface area contributed by atoms with Gasteiger partial charge in [-0.3, -0.25) is 11.3 Å². The molecule has 1 rings (SSSR count). The van der Waals surface area contributed by atoms with Crippen LogP contribution in [0.2, 0.25) is 5.02 Å². The lowest BCUT2D eigenvalue weighted by Crippen LogP contribution is -2.27. The normalized spacial score (nSPS) is 12.1. The van der Waals surface area contributed by atoms with Crippen LogP contribution in [0.5, 0.6) is 0 Å². The number of nitrogens with two attached hydrogens (primary N) is 1. The van der Waals surface area contributed by atoms with Crippen LogP contribution in [0, 0.1) is 12.3 Å². The van der Waals surface area contributed by atoms with E-state index < -0.39 is 0 Å². The van der Waals surface area contributed by atoms with Crippen molar-refractivity contribution >= 4 is 27.5 Å². The first-order chi connectivity index (χ1) is 7.19. The summed E-state index contributed by atoms with van der Waals surface area (Å²) in [5.41, 5.74) is 3.77. The van der Waals surface area contributed by atoms with E-state index in [0.717, 1.165) is 16.5 Å². The summed E-state index contributed by atoms with van der Waals surface area (Å²) in [6.07, 6.45) is 6.69. The van der Waals surface area contributed by atoms with Gasteiger partial charge in [0.05, 0.1) is 5.02 Å². The monoisotopic (exact) mass is 286 g/mol. The first-order valence-electron chi connectivity index (χ1n) is 4.53. The first kappa shape index (κ1) is 12.5. The lowest BCUT2D eigenvalue weighted by atomic mass is 10.0. The van der Waals surface area contributed by atoms with Gasteiger partial charge >= 0.3 is 0 Å². The standard InChI is InChI=1S/C11H12BrClN2/c1-2-3-4-11(15-14)8-5-6-9(12)10(13)7-8/h1,5-7,11,15H,3-4,14H2. The fourth-order valence-corrected chi connectivity index (χ4v) is 1.74. The fraction of sp³-hybridized carbons (Fsp3) is 0.273. The minimum atomic E-state index is 0.0478. The van der Waals surface area contributed by atoms with E-state index >= 15 is 0 Å². The van der Waals surface area contributed by atoms with Crippen LogP contribution in [0.4, 0.5) is 0 Å². The van der Waals surface area contributed by atoms with Gasteiger partial charge in [-0.2, -0.15) is 0 Å². The molecule has 1 atom stereocenters. The fourth-order valence-electron chi connectivity index (χ4n) is 1.30. The van der Waals surface area contributed by atoms with Gasteiger partial charge in [-0.05, 0) is 40.0 Å². The Morgan fingerprint density at radius 2 is 2.33 bits per heavy atom. The summed E-state index contributed by atoms with van der Waals surface area (Å²) in [5.74, 6) is 8.05. The van der Waals surface area contributed by atoms with Crippen molar-refractivity contribution in [3.05, 3.63) is 33.3 Å². The molecule has 1 aromatic carbocycles. The predicted molar refractivity (Wildman–Crippen MR) is 67.3 cm³/mol. The molecule has 0 amide bonds. The van der Waals surface area contributed by atoms with Crippen molar-refractivity contribution in [3.63, 3.8) is 0 Å². The molecule has 0 bridgehead atoms. The Morgan fingerprint density at radius 3 is 2.87 bits per heavy atom. The molecule has 0 saturated carbocycles. The molecule has 0 radical (unpaired) electrons. The Morgan fingerprint density at radius 1 is 1.60 bits per heavy atom. The van der Waals surface area contributed by atoms with Crippen molar-refractivity contribution in [2.45, 2.75) is 18.9 Å². The summed E-state index contributed by atoms with van der Waals surface area (Å²) in [7, 11) is 0. The molecule has 0 aliphatic carbocycles. The van der Waals surface area contributed by atoms with Crippen LogP contribution < -0.4 is 11.3 Å². The summed E-state index contributed by atoms with van der Waals surface area (Å²) < 4.78 is 0.876. The van der Waals surface area contributed by atoms with Crippen molar-refractivity contribution in [3.8, 4) is 12.3 Å². The van der Waals surface area contributed by atoms with E-state index in [4.69, 9.17) is 23.9 Å². The Hall–Kier alpha value is -0.530. The minimum Gasteiger partial charge on any atom is -0.271 e. The van der Waals surface area contributed by atoms with Crippen molar-refractivity contribution in [2.24, 2.45) is 5.84 Å². The van der Waals surface area contributed by atoms with Gasteiger partial charge in [0, 0.05) is 16.9 Å². The van der Waals surface area contributed by atoms with Crippen LogP contribution >= 0.6 is 27.5 Å². The second kappa shape index (κ2) is 6.14. The van der Waals surface area contributed by atoms with Crippen molar-refractivity contribution < 1.29 is 0 Å². The summed E-state index contributed by atoms with van der Waals surface area (Å²) in [6, 6.07) is 5.80. The zero-order valence-corrected chi connectivity index (χ0v) is 10.5. The highest BCUT2D eigenvalue weighted by Crippen LogP contribution is 2.27. The molecule has 1 unspecified atom stereocenters. The van der Waals surface area contributed by atoms with Crippen LogP contribution in [0.3, 0.4) is 0 Å². The van der Waals surface area contributed by atoms with E-state index in [1.165, 1.54) is 0 Å². The van der Waals surface area contributed by atoms with Gasteiger partial charge in [-0.15, -0.1) is 12.3 Å². The third-order valence-corrected chi connectivity index (χ3v) is 3.36. The molecule has 4 heteroatoms. The van der Waals surface area contributed by atoms with Gasteiger partial charge in [0.2, 0.25) is 0 Å². The quantitative estimate of drug-likeness (QED) is 0.507. The van der Waals surface area contributed by atoms with Gasteiger partial charge in [0.25, 0.3) is 0 Å². The highest BCUT2D eigenvalue weighted by Gasteiger charge is 2.10. The maximum Gasteiger partial charge on any atom is 0.0551 e.